The Morgan fingerprint density at radius 2 is 1.86 bits per heavy atom. The van der Waals surface area contributed by atoms with Crippen LogP contribution in [0.4, 0.5) is 0 Å². The Kier molecular flexibility index (Phi) is 3.26. The first-order valence-corrected chi connectivity index (χ1v) is 5.58. The molecular formula is C9H5I2NO2. The topological polar surface area (TPSA) is 31.4 Å². The zero-order valence-electron chi connectivity index (χ0n) is 6.91. The number of pyridine rings is 1. The third-order valence-electron chi connectivity index (χ3n) is 1.81. The quantitative estimate of drug-likeness (QED) is 0.705. The first kappa shape index (κ1) is 10.2. The van der Waals surface area contributed by atoms with Gasteiger partial charge < -0.3 is 6.13 Å². The maximum atomic E-state index is 5.12. The molecule has 0 spiro atoms. The summed E-state index contributed by atoms with van der Waals surface area (Å²) < 4.78 is 10.2. The average molecular weight is 413 g/mol. The van der Waals surface area contributed by atoms with E-state index < -0.39 is 0 Å². The number of aromatic nitrogens is 1. The Bertz CT molecular complexity index is 419. The molecule has 1 aromatic carbocycles. The Morgan fingerprint density at radius 3 is 2.57 bits per heavy atom. The lowest BCUT2D eigenvalue weighted by Gasteiger charge is -2.04. The van der Waals surface area contributed by atoms with Crippen molar-refractivity contribution in [2.24, 2.45) is 0 Å². The van der Waals surface area contributed by atoms with Gasteiger partial charge in [-0.1, -0.05) is 18.2 Å². The highest BCUT2D eigenvalue weighted by molar-refractivity contribution is 14.1. The summed E-state index contributed by atoms with van der Waals surface area (Å²) in [5.41, 5.74) is 0.899. The molecule has 0 radical (unpaired) electrons. The van der Waals surface area contributed by atoms with E-state index in [1.54, 1.807) is 23.0 Å². The van der Waals surface area contributed by atoms with E-state index in [1.165, 1.54) is 0 Å². The van der Waals surface area contributed by atoms with Gasteiger partial charge in [0.15, 0.2) is 51.8 Å². The van der Waals surface area contributed by atoms with E-state index >= 15 is 0 Å². The number of nitrogens with zero attached hydrogens (tertiary/aromatic N) is 1. The van der Waals surface area contributed by atoms with Crippen LogP contribution in [-0.4, -0.2) is 4.98 Å². The van der Waals surface area contributed by atoms with Gasteiger partial charge in [-0.15, -0.1) is 0 Å². The minimum Gasteiger partial charge on any atom is -0.422 e. The van der Waals surface area contributed by atoms with Crippen LogP contribution in [0.3, 0.4) is 0 Å². The molecule has 0 aliphatic heterocycles. The van der Waals surface area contributed by atoms with Gasteiger partial charge in [-0.3, -0.25) is 0 Å². The molecule has 0 saturated carbocycles. The average Bonchev–Trinajstić information content (AvgIpc) is 2.27. The Morgan fingerprint density at radius 1 is 1.07 bits per heavy atom. The summed E-state index contributed by atoms with van der Waals surface area (Å²) in [5, 5.41) is 1.04. The predicted octanol–water partition coefficient (Wildman–Crippen LogP) is 3.69. The fraction of sp³-hybridized carbons (Fsp3) is 0. The van der Waals surface area contributed by atoms with Crippen molar-refractivity contribution >= 4 is 56.9 Å². The molecule has 72 valence electrons. The highest BCUT2D eigenvalue weighted by Gasteiger charge is 2.07. The van der Waals surface area contributed by atoms with Gasteiger partial charge in [0.05, 0.1) is 5.52 Å². The summed E-state index contributed by atoms with van der Waals surface area (Å²) >= 11 is 3.60. The molecule has 1 aromatic heterocycles. The zero-order valence-corrected chi connectivity index (χ0v) is 11.2. The molecule has 5 heteroatoms. The highest BCUT2D eigenvalue weighted by Crippen LogP contribution is 2.31. The van der Waals surface area contributed by atoms with Gasteiger partial charge in [0, 0.05) is 5.39 Å². The van der Waals surface area contributed by atoms with Gasteiger partial charge in [-0.05, 0) is 12.1 Å². The molecule has 0 N–H and O–H groups in total. The number of para-hydroxylation sites is 1. The van der Waals surface area contributed by atoms with Crippen LogP contribution in [0, 0.1) is 0 Å². The van der Waals surface area contributed by atoms with Gasteiger partial charge in [0.25, 0.3) is 5.88 Å². The summed E-state index contributed by atoms with van der Waals surface area (Å²) in [6, 6.07) is 9.73. The second-order valence-electron chi connectivity index (χ2n) is 2.64. The molecule has 1 heterocycles. The van der Waals surface area contributed by atoms with Crippen LogP contribution in [-0.2, 0) is 0 Å². The smallest absolute Gasteiger partial charge is 0.268 e. The Balaban J connectivity index is 2.69. The molecule has 0 saturated heterocycles. The standard InChI is InChI=1S/C9H5I2NO2/c10-13-8-5-6-3-1-2-4-7(6)12-9(8)14-11/h1-5H. The van der Waals surface area contributed by atoms with Crippen molar-refractivity contribution in [1.29, 1.82) is 0 Å². The molecular weight excluding hydrogens is 408 g/mol. The van der Waals surface area contributed by atoms with E-state index in [1.807, 2.05) is 53.3 Å². The lowest BCUT2D eigenvalue weighted by molar-refractivity contribution is 0.615. The SMILES string of the molecule is IOc1cc2ccccc2nc1OI. The Hall–Kier alpha value is -0.310. The van der Waals surface area contributed by atoms with Crippen LogP contribution >= 0.6 is 46.0 Å². The maximum Gasteiger partial charge on any atom is 0.268 e. The summed E-state index contributed by atoms with van der Waals surface area (Å²) in [6.07, 6.45) is 0. The van der Waals surface area contributed by atoms with Crippen LogP contribution in [0.1, 0.15) is 0 Å². The van der Waals surface area contributed by atoms with E-state index in [2.05, 4.69) is 4.98 Å². The fourth-order valence-corrected chi connectivity index (χ4v) is 1.82. The Labute approximate surface area is 109 Å². The molecule has 0 aliphatic carbocycles. The van der Waals surface area contributed by atoms with Gasteiger partial charge in [0.1, 0.15) is 0 Å². The predicted molar refractivity (Wildman–Crippen MR) is 71.0 cm³/mol. The summed E-state index contributed by atoms with van der Waals surface area (Å²) in [7, 11) is 0. The lowest BCUT2D eigenvalue weighted by atomic mass is 10.2. The molecule has 3 nitrogen and oxygen atoms in total. The molecule has 0 atom stereocenters. The fourth-order valence-electron chi connectivity index (χ4n) is 1.19. The molecule has 2 rings (SSSR count). The monoisotopic (exact) mass is 413 g/mol. The van der Waals surface area contributed by atoms with Crippen LogP contribution in [0.2, 0.25) is 0 Å². The molecule has 0 amide bonds. The minimum absolute atomic E-state index is 0.499. The first-order valence-electron chi connectivity index (χ1n) is 3.82. The van der Waals surface area contributed by atoms with Crippen molar-refractivity contribution in [3.63, 3.8) is 0 Å². The van der Waals surface area contributed by atoms with Crippen molar-refractivity contribution in [3.8, 4) is 11.6 Å². The van der Waals surface area contributed by atoms with E-state index in [4.69, 9.17) is 6.13 Å². The van der Waals surface area contributed by atoms with Gasteiger partial charge >= 0.3 is 0 Å². The molecule has 0 unspecified atom stereocenters. The molecule has 2 aromatic rings. The van der Waals surface area contributed by atoms with Gasteiger partial charge in [-0.25, -0.2) is 4.98 Å². The van der Waals surface area contributed by atoms with Crippen molar-refractivity contribution in [1.82, 2.24) is 4.98 Å². The van der Waals surface area contributed by atoms with Crippen molar-refractivity contribution in [2.45, 2.75) is 0 Å². The third-order valence-corrected chi connectivity index (χ3v) is 2.70. The van der Waals surface area contributed by atoms with Crippen molar-refractivity contribution in [2.75, 3.05) is 0 Å². The molecule has 0 bridgehead atoms. The number of benzene rings is 1. The zero-order chi connectivity index (χ0) is 9.97. The molecule has 14 heavy (non-hydrogen) atoms. The van der Waals surface area contributed by atoms with Crippen molar-refractivity contribution < 1.29 is 6.13 Å². The lowest BCUT2D eigenvalue weighted by Crippen LogP contribution is -1.87. The normalized spacial score (nSPS) is 10.1. The molecule has 0 fully saturated rings. The highest BCUT2D eigenvalue weighted by atomic mass is 127. The van der Waals surface area contributed by atoms with Gasteiger partial charge in [0.2, 0.25) is 0 Å². The number of hydrogen-bond donors (Lipinski definition) is 0. The van der Waals surface area contributed by atoms with Crippen LogP contribution in [0.15, 0.2) is 30.3 Å². The minimum atomic E-state index is 0.499. The number of fused-ring (bicyclic) bond motifs is 1. The summed E-state index contributed by atoms with van der Waals surface area (Å²) in [6.45, 7) is 0. The van der Waals surface area contributed by atoms with Crippen LogP contribution in [0.5, 0.6) is 11.6 Å². The van der Waals surface area contributed by atoms with E-state index in [9.17, 15) is 0 Å². The number of halogens is 2. The van der Waals surface area contributed by atoms with Crippen molar-refractivity contribution in [3.05, 3.63) is 30.3 Å². The third kappa shape index (κ3) is 1.88. The number of rotatable bonds is 2. The number of hydrogen-bond acceptors (Lipinski definition) is 3. The van der Waals surface area contributed by atoms with Gasteiger partial charge in [-0.2, -0.15) is 0 Å². The second-order valence-corrected chi connectivity index (χ2v) is 3.52. The van der Waals surface area contributed by atoms with Crippen LogP contribution in [0.25, 0.3) is 10.9 Å². The maximum absolute atomic E-state index is 5.12. The first-order chi connectivity index (χ1) is 6.85. The van der Waals surface area contributed by atoms with Crippen LogP contribution < -0.4 is 6.13 Å². The molecule has 0 aliphatic rings. The second kappa shape index (κ2) is 4.47. The summed E-state index contributed by atoms with van der Waals surface area (Å²) in [5.74, 6) is 1.14. The van der Waals surface area contributed by atoms with E-state index in [-0.39, 0.29) is 0 Å². The van der Waals surface area contributed by atoms with E-state index in [0.717, 1.165) is 10.9 Å². The van der Waals surface area contributed by atoms with E-state index in [0.29, 0.717) is 11.6 Å². The summed E-state index contributed by atoms with van der Waals surface area (Å²) in [4.78, 5) is 4.30. The largest absolute Gasteiger partial charge is 0.422 e.